The summed E-state index contributed by atoms with van der Waals surface area (Å²) in [6, 6.07) is 9.76. The molecular formula is C20H24N2O6. The maximum atomic E-state index is 12.4. The molecule has 150 valence electrons. The normalized spacial score (nSPS) is 29.6. The van der Waals surface area contributed by atoms with E-state index in [2.05, 4.69) is 4.98 Å². The van der Waals surface area contributed by atoms with Crippen molar-refractivity contribution in [3.63, 3.8) is 0 Å². The molecule has 0 saturated carbocycles. The molecule has 28 heavy (non-hydrogen) atoms. The molecule has 0 unspecified atom stereocenters. The number of nitrogens with zero attached hydrogens (tertiary/aromatic N) is 1. The van der Waals surface area contributed by atoms with E-state index in [-0.39, 0.29) is 13.2 Å². The third-order valence-corrected chi connectivity index (χ3v) is 5.75. The minimum Gasteiger partial charge on any atom is -0.393 e. The highest BCUT2D eigenvalue weighted by molar-refractivity contribution is 5.16. The number of rotatable bonds is 5. The molecule has 0 bridgehead atoms. The lowest BCUT2D eigenvalue weighted by Gasteiger charge is -2.45. The van der Waals surface area contributed by atoms with E-state index in [1.54, 1.807) is 6.92 Å². The van der Waals surface area contributed by atoms with E-state index in [0.29, 0.717) is 31.6 Å². The largest absolute Gasteiger partial charge is 0.393 e. The average molecular weight is 388 g/mol. The summed E-state index contributed by atoms with van der Waals surface area (Å²) in [5.74, 6) is 0. The van der Waals surface area contributed by atoms with Gasteiger partial charge in [-0.05, 0) is 12.5 Å². The van der Waals surface area contributed by atoms with Crippen LogP contribution in [0.3, 0.4) is 0 Å². The lowest BCUT2D eigenvalue weighted by atomic mass is 9.79. The van der Waals surface area contributed by atoms with E-state index in [1.807, 2.05) is 30.3 Å². The van der Waals surface area contributed by atoms with Gasteiger partial charge in [-0.2, -0.15) is 0 Å². The molecule has 0 amide bonds. The molecule has 3 atom stereocenters. The van der Waals surface area contributed by atoms with Gasteiger partial charge < -0.3 is 19.3 Å². The van der Waals surface area contributed by atoms with E-state index >= 15 is 0 Å². The van der Waals surface area contributed by atoms with Crippen molar-refractivity contribution in [2.45, 2.75) is 43.8 Å². The number of aromatic amines is 1. The van der Waals surface area contributed by atoms with E-state index in [1.165, 1.54) is 10.8 Å². The molecule has 0 radical (unpaired) electrons. The molecule has 1 aromatic carbocycles. The van der Waals surface area contributed by atoms with Crippen LogP contribution in [0.25, 0.3) is 0 Å². The average Bonchev–Trinajstić information content (AvgIpc) is 3.06. The van der Waals surface area contributed by atoms with Crippen molar-refractivity contribution in [3.8, 4) is 0 Å². The van der Waals surface area contributed by atoms with Gasteiger partial charge in [0.15, 0.2) is 0 Å². The van der Waals surface area contributed by atoms with Crippen molar-refractivity contribution in [2.75, 3.05) is 19.8 Å². The van der Waals surface area contributed by atoms with Gasteiger partial charge in [-0.1, -0.05) is 30.3 Å². The summed E-state index contributed by atoms with van der Waals surface area (Å²) in [7, 11) is 0. The van der Waals surface area contributed by atoms with Crippen molar-refractivity contribution >= 4 is 0 Å². The van der Waals surface area contributed by atoms with Crippen LogP contribution in [-0.2, 0) is 20.8 Å². The molecule has 0 aliphatic carbocycles. The summed E-state index contributed by atoms with van der Waals surface area (Å²) >= 11 is 0. The van der Waals surface area contributed by atoms with Crippen molar-refractivity contribution in [1.82, 2.24) is 9.55 Å². The van der Waals surface area contributed by atoms with Crippen molar-refractivity contribution in [1.29, 1.82) is 0 Å². The number of aliphatic hydroxyl groups is 1. The number of aryl methyl sites for hydroxylation is 1. The molecule has 2 saturated heterocycles. The Balaban J connectivity index is 1.68. The van der Waals surface area contributed by atoms with Crippen molar-refractivity contribution in [3.05, 3.63) is 68.5 Å². The Morgan fingerprint density at radius 3 is 2.86 bits per heavy atom. The van der Waals surface area contributed by atoms with Gasteiger partial charge in [-0.25, -0.2) is 4.79 Å². The number of fused-ring (bicyclic) bond motifs is 1. The number of hydrogen-bond acceptors (Lipinski definition) is 6. The number of benzene rings is 1. The van der Waals surface area contributed by atoms with Crippen LogP contribution in [0.4, 0.5) is 0 Å². The Kier molecular flexibility index (Phi) is 4.96. The van der Waals surface area contributed by atoms with E-state index in [4.69, 9.17) is 14.2 Å². The molecular weight excluding hydrogens is 364 g/mol. The fraction of sp³-hybridized carbons (Fsp3) is 0.500. The van der Waals surface area contributed by atoms with Gasteiger partial charge >= 0.3 is 5.69 Å². The molecule has 8 heteroatoms. The zero-order valence-corrected chi connectivity index (χ0v) is 15.7. The predicted molar refractivity (Wildman–Crippen MR) is 100 cm³/mol. The quantitative estimate of drug-likeness (QED) is 0.788. The van der Waals surface area contributed by atoms with E-state index in [9.17, 15) is 14.7 Å². The van der Waals surface area contributed by atoms with Crippen LogP contribution in [0, 0.1) is 6.92 Å². The lowest BCUT2D eigenvalue weighted by molar-refractivity contribution is -0.241. The first kappa shape index (κ1) is 19.1. The fourth-order valence-corrected chi connectivity index (χ4v) is 4.09. The van der Waals surface area contributed by atoms with Crippen molar-refractivity contribution < 1.29 is 19.3 Å². The van der Waals surface area contributed by atoms with Gasteiger partial charge in [0.2, 0.25) is 0 Å². The summed E-state index contributed by atoms with van der Waals surface area (Å²) in [6.07, 6.45) is 1.72. The number of hydrogen-bond donors (Lipinski definition) is 2. The first-order chi connectivity index (χ1) is 13.5. The van der Waals surface area contributed by atoms with Crippen molar-refractivity contribution in [2.24, 2.45) is 0 Å². The fourth-order valence-electron chi connectivity index (χ4n) is 4.09. The molecule has 2 aromatic rings. The third kappa shape index (κ3) is 3.12. The second-order valence-electron chi connectivity index (χ2n) is 7.48. The van der Waals surface area contributed by atoms with Gasteiger partial charge in [-0.15, -0.1) is 0 Å². The first-order valence-electron chi connectivity index (χ1n) is 9.35. The topological polar surface area (TPSA) is 103 Å². The summed E-state index contributed by atoms with van der Waals surface area (Å²) in [4.78, 5) is 26.4. The lowest BCUT2D eigenvalue weighted by Crippen LogP contribution is -2.61. The molecule has 2 N–H and O–H groups in total. The Bertz CT molecular complexity index is 955. The molecule has 0 spiro atoms. The summed E-state index contributed by atoms with van der Waals surface area (Å²) in [5.41, 5.74) is -1.43. The van der Waals surface area contributed by atoms with Gasteiger partial charge in [0, 0.05) is 31.2 Å². The second kappa shape index (κ2) is 7.29. The molecule has 3 heterocycles. The molecule has 2 fully saturated rings. The Labute approximate surface area is 161 Å². The Morgan fingerprint density at radius 2 is 2.11 bits per heavy atom. The second-order valence-corrected chi connectivity index (χ2v) is 7.48. The van der Waals surface area contributed by atoms with Crippen LogP contribution in [0.5, 0.6) is 0 Å². The third-order valence-electron chi connectivity index (χ3n) is 5.75. The molecule has 4 rings (SSSR count). The van der Waals surface area contributed by atoms with E-state index < -0.39 is 28.7 Å². The van der Waals surface area contributed by atoms with Crippen LogP contribution < -0.4 is 11.2 Å². The number of nitrogens with one attached hydrogen (secondary N) is 1. The zero-order valence-electron chi connectivity index (χ0n) is 15.7. The summed E-state index contributed by atoms with van der Waals surface area (Å²) < 4.78 is 19.5. The number of aliphatic hydroxyl groups excluding tert-OH is 1. The van der Waals surface area contributed by atoms with Gasteiger partial charge in [0.25, 0.3) is 5.56 Å². The van der Waals surface area contributed by atoms with Gasteiger partial charge in [-0.3, -0.25) is 14.3 Å². The highest BCUT2D eigenvalue weighted by Gasteiger charge is 2.63. The predicted octanol–water partition coefficient (Wildman–Crippen LogP) is 0.871. The highest BCUT2D eigenvalue weighted by Crippen LogP contribution is 2.50. The first-order valence-corrected chi connectivity index (χ1v) is 9.35. The zero-order chi connectivity index (χ0) is 19.8. The van der Waals surface area contributed by atoms with Gasteiger partial charge in [0.05, 0.1) is 19.8 Å². The number of ether oxygens (including phenoxy) is 3. The van der Waals surface area contributed by atoms with E-state index in [0.717, 1.165) is 5.56 Å². The van der Waals surface area contributed by atoms with Crippen LogP contribution >= 0.6 is 0 Å². The maximum absolute atomic E-state index is 12.4. The van der Waals surface area contributed by atoms with Crippen LogP contribution in [0.2, 0.25) is 0 Å². The minimum absolute atomic E-state index is 0.172. The highest BCUT2D eigenvalue weighted by atomic mass is 16.6. The number of aromatic nitrogens is 2. The Hall–Kier alpha value is -2.26. The van der Waals surface area contributed by atoms with Crippen LogP contribution in [0.15, 0.2) is 46.1 Å². The number of H-pyrrole nitrogens is 1. The standard InChI is InChI=1S/C20H24N2O6/c1-14-10-22(18(25)21-17(14)24)16-9-19(27-11-15-5-3-2-4-6-15)7-8-26-13-20(19,12-23)28-16/h2-6,10,16,23H,7-9,11-13H2,1H3,(H,21,24,25)/t16-,19-,20-/m1/s1. The molecule has 2 aliphatic heterocycles. The minimum atomic E-state index is -1.08. The maximum Gasteiger partial charge on any atom is 0.330 e. The van der Waals surface area contributed by atoms with Crippen LogP contribution in [-0.4, -0.2) is 45.7 Å². The monoisotopic (exact) mass is 388 g/mol. The van der Waals surface area contributed by atoms with Crippen LogP contribution in [0.1, 0.15) is 30.2 Å². The van der Waals surface area contributed by atoms with Gasteiger partial charge in [0.1, 0.15) is 17.4 Å². The molecule has 1 aromatic heterocycles. The SMILES string of the molecule is Cc1cn([C@H]2C[C@]3(OCc4ccccc4)CCOC[C@@]3(CO)O2)c(=O)[nH]c1=O. The molecule has 2 aliphatic rings. The summed E-state index contributed by atoms with van der Waals surface area (Å²) in [5, 5.41) is 10.2. The summed E-state index contributed by atoms with van der Waals surface area (Å²) in [6.45, 7) is 2.34. The molecule has 8 nitrogen and oxygen atoms in total. The smallest absolute Gasteiger partial charge is 0.330 e. The Morgan fingerprint density at radius 1 is 1.32 bits per heavy atom.